The summed E-state index contributed by atoms with van der Waals surface area (Å²) < 4.78 is 0. The molecule has 0 atom stereocenters. The van der Waals surface area contributed by atoms with E-state index in [9.17, 15) is 4.79 Å². The second-order valence-electron chi connectivity index (χ2n) is 4.61. The number of hydrogen-bond donors (Lipinski definition) is 2. The molecule has 0 unspecified atom stereocenters. The summed E-state index contributed by atoms with van der Waals surface area (Å²) in [4.78, 5) is 18.2. The molecule has 2 rings (SSSR count). The summed E-state index contributed by atoms with van der Waals surface area (Å²) >= 11 is 0. The molecule has 1 aromatic heterocycles. The van der Waals surface area contributed by atoms with E-state index in [1.807, 2.05) is 19.0 Å². The quantitative estimate of drug-likeness (QED) is 0.891. The molecular weight excluding hydrogens is 254 g/mol. The Bertz CT molecular complexity index is 612. The molecule has 20 heavy (non-hydrogen) atoms. The number of benzene rings is 1. The third-order valence-electron chi connectivity index (χ3n) is 2.83. The highest BCUT2D eigenvalue weighted by atomic mass is 16.3. The second kappa shape index (κ2) is 6.16. The van der Waals surface area contributed by atoms with Crippen LogP contribution in [0.4, 0.5) is 11.5 Å². The number of pyridine rings is 1. The molecule has 1 amide bonds. The Morgan fingerprint density at radius 3 is 2.80 bits per heavy atom. The Morgan fingerprint density at radius 2 is 2.10 bits per heavy atom. The first-order valence-corrected chi connectivity index (χ1v) is 6.24. The predicted molar refractivity (Wildman–Crippen MR) is 78.9 cm³/mol. The maximum Gasteiger partial charge on any atom is 0.255 e. The molecule has 0 aliphatic heterocycles. The fourth-order valence-corrected chi connectivity index (χ4v) is 1.75. The average molecular weight is 271 g/mol. The van der Waals surface area contributed by atoms with Crippen molar-refractivity contribution in [2.24, 2.45) is 0 Å². The fourth-order valence-electron chi connectivity index (χ4n) is 1.75. The van der Waals surface area contributed by atoms with Gasteiger partial charge in [0, 0.05) is 31.5 Å². The zero-order valence-electron chi connectivity index (χ0n) is 11.5. The molecule has 0 spiro atoms. The van der Waals surface area contributed by atoms with Crippen molar-refractivity contribution in [1.29, 1.82) is 0 Å². The highest BCUT2D eigenvalue weighted by Gasteiger charge is 2.08. The van der Waals surface area contributed by atoms with E-state index in [0.29, 0.717) is 11.3 Å². The van der Waals surface area contributed by atoms with Gasteiger partial charge in [-0.3, -0.25) is 4.79 Å². The molecule has 5 heteroatoms. The van der Waals surface area contributed by atoms with Crippen molar-refractivity contribution in [3.63, 3.8) is 0 Å². The molecule has 0 bridgehead atoms. The number of hydrogen-bond acceptors (Lipinski definition) is 4. The van der Waals surface area contributed by atoms with Crippen LogP contribution in [-0.2, 0) is 6.61 Å². The third kappa shape index (κ3) is 3.33. The van der Waals surface area contributed by atoms with E-state index in [1.165, 1.54) is 0 Å². The van der Waals surface area contributed by atoms with Crippen LogP contribution < -0.4 is 10.2 Å². The first kappa shape index (κ1) is 14.0. The van der Waals surface area contributed by atoms with E-state index in [2.05, 4.69) is 10.3 Å². The van der Waals surface area contributed by atoms with Gasteiger partial charge in [-0.25, -0.2) is 4.98 Å². The van der Waals surface area contributed by atoms with Crippen LogP contribution >= 0.6 is 0 Å². The van der Waals surface area contributed by atoms with Crippen LogP contribution in [-0.4, -0.2) is 30.1 Å². The number of anilines is 2. The van der Waals surface area contributed by atoms with E-state index in [1.54, 1.807) is 42.6 Å². The maximum atomic E-state index is 12.2. The predicted octanol–water partition coefficient (Wildman–Crippen LogP) is 1.89. The zero-order valence-corrected chi connectivity index (χ0v) is 11.5. The number of rotatable bonds is 4. The lowest BCUT2D eigenvalue weighted by atomic mass is 10.2. The van der Waals surface area contributed by atoms with Gasteiger partial charge in [0.25, 0.3) is 5.91 Å². The van der Waals surface area contributed by atoms with E-state index in [4.69, 9.17) is 5.11 Å². The van der Waals surface area contributed by atoms with Gasteiger partial charge in [-0.1, -0.05) is 12.1 Å². The van der Waals surface area contributed by atoms with Gasteiger partial charge in [-0.2, -0.15) is 0 Å². The van der Waals surface area contributed by atoms with Gasteiger partial charge in [0.1, 0.15) is 5.82 Å². The lowest BCUT2D eigenvalue weighted by Gasteiger charge is -2.12. The molecule has 2 aromatic rings. The standard InChI is InChI=1S/C15H17N3O2/c1-18(2)14-9-12(6-7-16-14)15(20)17-13-5-3-4-11(8-13)10-19/h3-9,19H,10H2,1-2H3,(H,17,20). The number of amides is 1. The maximum absolute atomic E-state index is 12.2. The Labute approximate surface area is 117 Å². The van der Waals surface area contributed by atoms with Gasteiger partial charge in [0.2, 0.25) is 0 Å². The Hall–Kier alpha value is -2.40. The van der Waals surface area contributed by atoms with Crippen LogP contribution in [0, 0.1) is 0 Å². The fraction of sp³-hybridized carbons (Fsp3) is 0.200. The molecule has 104 valence electrons. The van der Waals surface area contributed by atoms with Crippen molar-refractivity contribution in [2.45, 2.75) is 6.61 Å². The monoisotopic (exact) mass is 271 g/mol. The van der Waals surface area contributed by atoms with Crippen molar-refractivity contribution in [3.05, 3.63) is 53.7 Å². The van der Waals surface area contributed by atoms with E-state index in [-0.39, 0.29) is 12.5 Å². The van der Waals surface area contributed by atoms with Crippen molar-refractivity contribution >= 4 is 17.4 Å². The summed E-state index contributed by atoms with van der Waals surface area (Å²) in [6.45, 7) is -0.0518. The van der Waals surface area contributed by atoms with Gasteiger partial charge >= 0.3 is 0 Å². The normalized spacial score (nSPS) is 10.2. The molecular formula is C15H17N3O2. The molecule has 1 aromatic carbocycles. The Morgan fingerprint density at radius 1 is 1.30 bits per heavy atom. The second-order valence-corrected chi connectivity index (χ2v) is 4.61. The number of aromatic nitrogens is 1. The van der Waals surface area contributed by atoms with Crippen molar-refractivity contribution in [2.75, 3.05) is 24.3 Å². The molecule has 0 radical (unpaired) electrons. The van der Waals surface area contributed by atoms with Gasteiger partial charge in [-0.05, 0) is 29.8 Å². The molecule has 1 heterocycles. The van der Waals surface area contributed by atoms with E-state index in [0.717, 1.165) is 11.4 Å². The number of nitrogens with zero attached hydrogens (tertiary/aromatic N) is 2. The van der Waals surface area contributed by atoms with Crippen molar-refractivity contribution < 1.29 is 9.90 Å². The first-order chi connectivity index (χ1) is 9.60. The smallest absolute Gasteiger partial charge is 0.255 e. The van der Waals surface area contributed by atoms with Gasteiger partial charge in [0.15, 0.2) is 0 Å². The zero-order chi connectivity index (χ0) is 14.5. The molecule has 0 aliphatic carbocycles. The van der Waals surface area contributed by atoms with E-state index >= 15 is 0 Å². The Kier molecular flexibility index (Phi) is 4.32. The number of carbonyl (C=O) groups excluding carboxylic acids is 1. The minimum absolute atomic E-state index is 0.0518. The number of nitrogens with one attached hydrogen (secondary N) is 1. The largest absolute Gasteiger partial charge is 0.392 e. The number of aliphatic hydroxyl groups excluding tert-OH is 1. The summed E-state index contributed by atoms with van der Waals surface area (Å²) in [6.07, 6.45) is 1.61. The van der Waals surface area contributed by atoms with Crippen molar-refractivity contribution in [1.82, 2.24) is 4.98 Å². The SMILES string of the molecule is CN(C)c1cc(C(=O)Nc2cccc(CO)c2)ccn1. The Balaban J connectivity index is 2.17. The number of carbonyl (C=O) groups is 1. The lowest BCUT2D eigenvalue weighted by molar-refractivity contribution is 0.102. The molecule has 2 N–H and O–H groups in total. The van der Waals surface area contributed by atoms with E-state index < -0.39 is 0 Å². The van der Waals surface area contributed by atoms with Gasteiger partial charge in [0.05, 0.1) is 6.61 Å². The van der Waals surface area contributed by atoms with Crippen LogP contribution in [0.3, 0.4) is 0 Å². The number of aliphatic hydroxyl groups is 1. The molecule has 0 saturated heterocycles. The minimum Gasteiger partial charge on any atom is -0.392 e. The summed E-state index contributed by atoms with van der Waals surface area (Å²) in [5.74, 6) is 0.521. The minimum atomic E-state index is -0.203. The lowest BCUT2D eigenvalue weighted by Crippen LogP contribution is -2.15. The average Bonchev–Trinajstić information content (AvgIpc) is 2.47. The van der Waals surface area contributed by atoms with Crippen LogP contribution in [0.25, 0.3) is 0 Å². The summed E-state index contributed by atoms with van der Waals surface area (Å²) in [6, 6.07) is 10.5. The van der Waals surface area contributed by atoms with Crippen LogP contribution in [0.5, 0.6) is 0 Å². The molecule has 0 aliphatic rings. The molecule has 0 fully saturated rings. The van der Waals surface area contributed by atoms with Crippen LogP contribution in [0.2, 0.25) is 0 Å². The van der Waals surface area contributed by atoms with Gasteiger partial charge < -0.3 is 15.3 Å². The van der Waals surface area contributed by atoms with Gasteiger partial charge in [-0.15, -0.1) is 0 Å². The molecule has 0 saturated carbocycles. The van der Waals surface area contributed by atoms with Crippen molar-refractivity contribution in [3.8, 4) is 0 Å². The summed E-state index contributed by atoms with van der Waals surface area (Å²) in [7, 11) is 3.74. The summed E-state index contributed by atoms with van der Waals surface area (Å²) in [5, 5.41) is 11.9. The first-order valence-electron chi connectivity index (χ1n) is 6.24. The van der Waals surface area contributed by atoms with Crippen LogP contribution in [0.1, 0.15) is 15.9 Å². The summed E-state index contributed by atoms with van der Waals surface area (Å²) in [5.41, 5.74) is 1.95. The molecule has 5 nitrogen and oxygen atoms in total. The highest BCUT2D eigenvalue weighted by Crippen LogP contribution is 2.14. The third-order valence-corrected chi connectivity index (χ3v) is 2.83. The van der Waals surface area contributed by atoms with Crippen LogP contribution in [0.15, 0.2) is 42.6 Å². The topological polar surface area (TPSA) is 65.5 Å². The highest BCUT2D eigenvalue weighted by molar-refractivity contribution is 6.04.